The van der Waals surface area contributed by atoms with E-state index in [1.54, 1.807) is 11.0 Å². The molecule has 2 aromatic rings. The van der Waals surface area contributed by atoms with E-state index in [2.05, 4.69) is 22.8 Å². The van der Waals surface area contributed by atoms with Crippen LogP contribution >= 0.6 is 23.1 Å². The number of allylic oxidation sites excluding steroid dienone is 3. The molecule has 1 aliphatic heterocycles. The highest BCUT2D eigenvalue weighted by Crippen LogP contribution is 2.47. The smallest absolute Gasteiger partial charge is 0.219 e. The van der Waals surface area contributed by atoms with E-state index in [4.69, 9.17) is 10.5 Å². The lowest BCUT2D eigenvalue weighted by atomic mass is 9.76. The van der Waals surface area contributed by atoms with Crippen LogP contribution in [0.3, 0.4) is 0 Å². The van der Waals surface area contributed by atoms with Crippen molar-refractivity contribution in [2.75, 3.05) is 17.8 Å². The SMILES string of the molecule is C=CCOc1ccc(C2C(C#N)=C(N)N(c3nnc(SC)s3)C3=C2C(=O)CCC3)cc1. The van der Waals surface area contributed by atoms with Gasteiger partial charge in [-0.2, -0.15) is 5.26 Å². The molecular formula is C22H21N5O2S2. The summed E-state index contributed by atoms with van der Waals surface area (Å²) in [5.41, 5.74) is 9.13. The Morgan fingerprint density at radius 3 is 2.81 bits per heavy atom. The summed E-state index contributed by atoms with van der Waals surface area (Å²) in [7, 11) is 0. The molecule has 0 spiro atoms. The molecule has 0 amide bonds. The number of carbonyl (C=O) groups excluding carboxylic acids is 1. The molecule has 1 aromatic heterocycles. The molecule has 1 aromatic carbocycles. The van der Waals surface area contributed by atoms with Gasteiger partial charge < -0.3 is 10.5 Å². The average Bonchev–Trinajstić information content (AvgIpc) is 3.26. The van der Waals surface area contributed by atoms with Crippen LogP contribution in [0.1, 0.15) is 30.7 Å². The van der Waals surface area contributed by atoms with Crippen LogP contribution in [0.4, 0.5) is 5.13 Å². The number of nitrogens with zero attached hydrogens (tertiary/aromatic N) is 4. The number of nitrogens with two attached hydrogens (primary N) is 1. The summed E-state index contributed by atoms with van der Waals surface area (Å²) in [4.78, 5) is 14.8. The molecule has 9 heteroatoms. The van der Waals surface area contributed by atoms with E-state index < -0.39 is 5.92 Å². The monoisotopic (exact) mass is 451 g/mol. The van der Waals surface area contributed by atoms with Gasteiger partial charge in [0.2, 0.25) is 5.13 Å². The molecule has 2 N–H and O–H groups in total. The molecule has 2 heterocycles. The van der Waals surface area contributed by atoms with Gasteiger partial charge >= 0.3 is 0 Å². The molecule has 4 rings (SSSR count). The fourth-order valence-corrected chi connectivity index (χ4v) is 5.22. The number of ketones is 1. The number of hydrogen-bond donors (Lipinski definition) is 1. The maximum Gasteiger partial charge on any atom is 0.219 e. The lowest BCUT2D eigenvalue weighted by Crippen LogP contribution is -2.38. The van der Waals surface area contributed by atoms with Crippen molar-refractivity contribution in [1.29, 1.82) is 5.26 Å². The van der Waals surface area contributed by atoms with E-state index in [1.807, 2.05) is 30.5 Å². The van der Waals surface area contributed by atoms with Crippen molar-refractivity contribution in [1.82, 2.24) is 10.2 Å². The average molecular weight is 452 g/mol. The van der Waals surface area contributed by atoms with E-state index in [0.29, 0.717) is 47.3 Å². The minimum absolute atomic E-state index is 0.0399. The van der Waals surface area contributed by atoms with Gasteiger partial charge in [0.25, 0.3) is 0 Å². The van der Waals surface area contributed by atoms with Crippen molar-refractivity contribution in [2.45, 2.75) is 29.5 Å². The van der Waals surface area contributed by atoms with Crippen molar-refractivity contribution in [3.05, 3.63) is 65.1 Å². The van der Waals surface area contributed by atoms with Crippen LogP contribution in [0.2, 0.25) is 0 Å². The molecular weight excluding hydrogens is 430 g/mol. The number of carbonyl (C=O) groups is 1. The number of nitriles is 1. The maximum atomic E-state index is 13.1. The molecule has 7 nitrogen and oxygen atoms in total. The van der Waals surface area contributed by atoms with Crippen LogP contribution in [0.5, 0.6) is 5.75 Å². The van der Waals surface area contributed by atoms with Crippen molar-refractivity contribution in [2.24, 2.45) is 5.73 Å². The molecule has 158 valence electrons. The Kier molecular flexibility index (Phi) is 6.11. The van der Waals surface area contributed by atoms with Gasteiger partial charge in [-0.3, -0.25) is 9.69 Å². The predicted octanol–water partition coefficient (Wildman–Crippen LogP) is 4.13. The summed E-state index contributed by atoms with van der Waals surface area (Å²) in [5, 5.41) is 19.0. The Hall–Kier alpha value is -3.09. The first-order valence-electron chi connectivity index (χ1n) is 9.76. The highest BCUT2D eigenvalue weighted by atomic mass is 32.2. The van der Waals surface area contributed by atoms with Crippen molar-refractivity contribution >= 4 is 34.0 Å². The topological polar surface area (TPSA) is 105 Å². The quantitative estimate of drug-likeness (QED) is 0.516. The van der Waals surface area contributed by atoms with Gasteiger partial charge in [-0.05, 0) is 36.8 Å². The molecule has 1 atom stereocenters. The van der Waals surface area contributed by atoms with Crippen LogP contribution in [0.25, 0.3) is 0 Å². The molecule has 31 heavy (non-hydrogen) atoms. The van der Waals surface area contributed by atoms with E-state index in [1.165, 1.54) is 23.1 Å². The van der Waals surface area contributed by atoms with Crippen LogP contribution < -0.4 is 15.4 Å². The van der Waals surface area contributed by atoms with Crippen LogP contribution in [-0.2, 0) is 4.79 Å². The molecule has 0 saturated heterocycles. The number of Topliss-reactive ketones (excluding diaryl/α,β-unsaturated/α-hetero) is 1. The molecule has 0 radical (unpaired) electrons. The Labute approximate surface area is 188 Å². The molecule has 2 aliphatic rings. The Morgan fingerprint density at radius 1 is 1.39 bits per heavy atom. The van der Waals surface area contributed by atoms with Gasteiger partial charge in [0.05, 0.1) is 17.6 Å². The van der Waals surface area contributed by atoms with Gasteiger partial charge in [-0.1, -0.05) is 47.9 Å². The summed E-state index contributed by atoms with van der Waals surface area (Å²) < 4.78 is 6.36. The summed E-state index contributed by atoms with van der Waals surface area (Å²) in [6, 6.07) is 9.69. The standard InChI is InChI=1S/C22H21N5O2S2/c1-3-11-29-14-9-7-13(8-10-14)18-15(12-23)20(24)27(21-25-26-22(30-2)31-21)16-5-4-6-17(28)19(16)18/h3,7-10,18H,1,4-6,11,24H2,2H3. The zero-order valence-electron chi connectivity index (χ0n) is 17.0. The van der Waals surface area contributed by atoms with E-state index in [9.17, 15) is 10.1 Å². The first kappa shape index (κ1) is 21.2. The first-order chi connectivity index (χ1) is 15.1. The van der Waals surface area contributed by atoms with Gasteiger partial charge in [-0.15, -0.1) is 10.2 Å². The third-order valence-electron chi connectivity index (χ3n) is 5.26. The number of rotatable bonds is 6. The van der Waals surface area contributed by atoms with Crippen LogP contribution in [0, 0.1) is 11.3 Å². The van der Waals surface area contributed by atoms with Gasteiger partial charge in [0, 0.05) is 17.7 Å². The maximum absolute atomic E-state index is 13.1. The van der Waals surface area contributed by atoms with Crippen molar-refractivity contribution in [3.8, 4) is 11.8 Å². The predicted molar refractivity (Wildman–Crippen MR) is 122 cm³/mol. The number of benzene rings is 1. The number of hydrogen-bond acceptors (Lipinski definition) is 9. The Balaban J connectivity index is 1.84. The van der Waals surface area contributed by atoms with E-state index >= 15 is 0 Å². The molecule has 0 fully saturated rings. The molecule has 0 bridgehead atoms. The zero-order valence-corrected chi connectivity index (χ0v) is 18.6. The Morgan fingerprint density at radius 2 is 2.16 bits per heavy atom. The highest BCUT2D eigenvalue weighted by Gasteiger charge is 2.41. The molecule has 1 unspecified atom stereocenters. The second-order valence-electron chi connectivity index (χ2n) is 7.04. The minimum atomic E-state index is -0.509. The van der Waals surface area contributed by atoms with Crippen LogP contribution in [-0.4, -0.2) is 28.8 Å². The normalized spacial score (nSPS) is 18.6. The van der Waals surface area contributed by atoms with Gasteiger partial charge in [-0.25, -0.2) is 0 Å². The molecule has 1 aliphatic carbocycles. The van der Waals surface area contributed by atoms with E-state index in [0.717, 1.165) is 22.0 Å². The highest BCUT2D eigenvalue weighted by molar-refractivity contribution is 8.00. The number of thioether (sulfide) groups is 1. The summed E-state index contributed by atoms with van der Waals surface area (Å²) in [6.07, 6.45) is 5.47. The number of ether oxygens (including phenoxy) is 1. The summed E-state index contributed by atoms with van der Waals surface area (Å²) in [6.45, 7) is 4.05. The second-order valence-corrected chi connectivity index (χ2v) is 9.05. The minimum Gasteiger partial charge on any atom is -0.490 e. The fourth-order valence-electron chi connectivity index (χ4n) is 3.93. The summed E-state index contributed by atoms with van der Waals surface area (Å²) >= 11 is 2.88. The number of anilines is 1. The van der Waals surface area contributed by atoms with E-state index in [-0.39, 0.29) is 5.78 Å². The molecule has 0 saturated carbocycles. The van der Waals surface area contributed by atoms with Crippen LogP contribution in [0.15, 0.2) is 63.9 Å². The zero-order chi connectivity index (χ0) is 22.0. The fraction of sp³-hybridized carbons (Fsp3) is 0.273. The Bertz CT molecular complexity index is 1130. The van der Waals surface area contributed by atoms with Gasteiger partial charge in [0.1, 0.15) is 18.2 Å². The summed E-state index contributed by atoms with van der Waals surface area (Å²) in [5.74, 6) is 0.527. The van der Waals surface area contributed by atoms with Gasteiger partial charge in [0.15, 0.2) is 10.1 Å². The van der Waals surface area contributed by atoms with Crippen molar-refractivity contribution in [3.63, 3.8) is 0 Å². The number of aromatic nitrogens is 2. The largest absolute Gasteiger partial charge is 0.490 e. The third-order valence-corrected chi connectivity index (χ3v) is 7.14. The lowest BCUT2D eigenvalue weighted by Gasteiger charge is -2.38. The first-order valence-corrected chi connectivity index (χ1v) is 11.8. The lowest BCUT2D eigenvalue weighted by molar-refractivity contribution is -0.116. The van der Waals surface area contributed by atoms with Crippen molar-refractivity contribution < 1.29 is 9.53 Å². The second kappa shape index (κ2) is 8.96. The third kappa shape index (κ3) is 3.84.